The van der Waals surface area contributed by atoms with Crippen molar-refractivity contribution in [1.82, 2.24) is 15.0 Å². The van der Waals surface area contributed by atoms with Gasteiger partial charge in [-0.05, 0) is 11.5 Å². The maximum atomic E-state index is 5.80. The van der Waals surface area contributed by atoms with E-state index >= 15 is 0 Å². The second-order valence-electron chi connectivity index (χ2n) is 3.71. The summed E-state index contributed by atoms with van der Waals surface area (Å²) in [5.74, 6) is 0.490. The molecule has 0 saturated carbocycles. The summed E-state index contributed by atoms with van der Waals surface area (Å²) >= 11 is 0. The van der Waals surface area contributed by atoms with E-state index in [1.54, 1.807) is 18.6 Å². The normalized spacial score (nSPS) is 10.6. The first-order valence-corrected chi connectivity index (χ1v) is 5.26. The van der Waals surface area contributed by atoms with E-state index in [2.05, 4.69) is 15.0 Å². The first-order valence-electron chi connectivity index (χ1n) is 5.26. The van der Waals surface area contributed by atoms with Crippen LogP contribution in [0.4, 0.5) is 5.82 Å². The molecule has 0 spiro atoms. The van der Waals surface area contributed by atoms with Crippen LogP contribution in [0, 0.1) is 0 Å². The summed E-state index contributed by atoms with van der Waals surface area (Å²) in [4.78, 5) is 12.7. The molecule has 2 heterocycles. The van der Waals surface area contributed by atoms with E-state index in [9.17, 15) is 0 Å². The predicted octanol–water partition coefficient (Wildman–Crippen LogP) is 2.27. The van der Waals surface area contributed by atoms with Gasteiger partial charge in [0.1, 0.15) is 17.2 Å². The molecule has 17 heavy (non-hydrogen) atoms. The van der Waals surface area contributed by atoms with Crippen LogP contribution >= 0.6 is 0 Å². The summed E-state index contributed by atoms with van der Waals surface area (Å²) in [7, 11) is 0. The molecule has 0 aliphatic heterocycles. The Bertz CT molecular complexity index is 665. The highest BCUT2D eigenvalue weighted by Crippen LogP contribution is 2.26. The third-order valence-electron chi connectivity index (χ3n) is 2.57. The Hall–Kier alpha value is -2.49. The van der Waals surface area contributed by atoms with Crippen LogP contribution in [0.3, 0.4) is 0 Å². The number of nitrogens with zero attached hydrogens (tertiary/aromatic N) is 3. The van der Waals surface area contributed by atoms with Gasteiger partial charge in [0.05, 0.1) is 6.20 Å². The lowest BCUT2D eigenvalue weighted by Gasteiger charge is -2.06. The van der Waals surface area contributed by atoms with E-state index in [0.29, 0.717) is 5.82 Å². The van der Waals surface area contributed by atoms with Crippen molar-refractivity contribution in [1.29, 1.82) is 0 Å². The van der Waals surface area contributed by atoms with Crippen LogP contribution in [0.15, 0.2) is 48.9 Å². The topological polar surface area (TPSA) is 64.7 Å². The number of benzene rings is 1. The lowest BCUT2D eigenvalue weighted by Crippen LogP contribution is -1.95. The molecule has 3 rings (SSSR count). The molecule has 82 valence electrons. The van der Waals surface area contributed by atoms with E-state index in [0.717, 1.165) is 22.2 Å². The summed E-state index contributed by atoms with van der Waals surface area (Å²) in [6, 6.07) is 9.82. The van der Waals surface area contributed by atoms with Crippen LogP contribution in [-0.2, 0) is 0 Å². The van der Waals surface area contributed by atoms with E-state index in [1.807, 2.05) is 30.3 Å². The molecule has 4 heteroatoms. The quantitative estimate of drug-likeness (QED) is 0.686. The Kier molecular flexibility index (Phi) is 2.19. The van der Waals surface area contributed by atoms with Crippen LogP contribution in [0.2, 0.25) is 0 Å². The summed E-state index contributed by atoms with van der Waals surface area (Å²) in [6.45, 7) is 0. The second-order valence-corrected chi connectivity index (χ2v) is 3.71. The Morgan fingerprint density at radius 1 is 1.06 bits per heavy atom. The third kappa shape index (κ3) is 1.69. The van der Waals surface area contributed by atoms with Crippen molar-refractivity contribution < 1.29 is 0 Å². The van der Waals surface area contributed by atoms with Crippen LogP contribution in [-0.4, -0.2) is 15.0 Å². The van der Waals surface area contributed by atoms with Gasteiger partial charge in [-0.25, -0.2) is 4.98 Å². The lowest BCUT2D eigenvalue weighted by atomic mass is 10.1. The fraction of sp³-hybridized carbons (Fsp3) is 0. The summed E-state index contributed by atoms with van der Waals surface area (Å²) < 4.78 is 0. The minimum Gasteiger partial charge on any atom is -0.384 e. The standard InChI is InChI=1S/C13H10N4/c14-12-7-9-3-1-2-4-10(9)13(17-12)11-8-15-5-6-16-11/h1-8H,(H2,14,17). The first-order chi connectivity index (χ1) is 8.34. The fourth-order valence-electron chi connectivity index (χ4n) is 1.84. The molecule has 4 nitrogen and oxygen atoms in total. The zero-order valence-corrected chi connectivity index (χ0v) is 9.04. The largest absolute Gasteiger partial charge is 0.384 e. The molecule has 1 aromatic carbocycles. The SMILES string of the molecule is Nc1cc2ccccc2c(-c2cnccn2)n1. The first kappa shape index (κ1) is 9.72. The van der Waals surface area contributed by atoms with Gasteiger partial charge in [0.2, 0.25) is 0 Å². The van der Waals surface area contributed by atoms with Gasteiger partial charge in [-0.2, -0.15) is 0 Å². The monoisotopic (exact) mass is 222 g/mol. The summed E-state index contributed by atoms with van der Waals surface area (Å²) in [5.41, 5.74) is 7.31. The highest BCUT2D eigenvalue weighted by Gasteiger charge is 2.07. The molecule has 0 aliphatic rings. The number of pyridine rings is 1. The number of hydrogen-bond donors (Lipinski definition) is 1. The van der Waals surface area contributed by atoms with Gasteiger partial charge < -0.3 is 5.73 Å². The zero-order valence-electron chi connectivity index (χ0n) is 9.04. The van der Waals surface area contributed by atoms with Crippen LogP contribution < -0.4 is 5.73 Å². The molecule has 0 aliphatic carbocycles. The average molecular weight is 222 g/mol. The molecule has 0 fully saturated rings. The Morgan fingerprint density at radius 3 is 2.76 bits per heavy atom. The highest BCUT2D eigenvalue weighted by atomic mass is 14.9. The number of nitrogens with two attached hydrogens (primary N) is 1. The van der Waals surface area contributed by atoms with Gasteiger partial charge in [-0.1, -0.05) is 24.3 Å². The molecule has 2 aromatic heterocycles. The minimum atomic E-state index is 0.490. The second kappa shape index (κ2) is 3.83. The third-order valence-corrected chi connectivity index (χ3v) is 2.57. The van der Waals surface area contributed by atoms with E-state index < -0.39 is 0 Å². The van der Waals surface area contributed by atoms with Crippen LogP contribution in [0.25, 0.3) is 22.2 Å². The van der Waals surface area contributed by atoms with Gasteiger partial charge in [0.25, 0.3) is 0 Å². The molecule has 2 N–H and O–H groups in total. The summed E-state index contributed by atoms with van der Waals surface area (Å²) in [5, 5.41) is 2.09. The molecule has 0 atom stereocenters. The highest BCUT2D eigenvalue weighted by molar-refractivity contribution is 5.95. The molecule has 0 unspecified atom stereocenters. The van der Waals surface area contributed by atoms with E-state index in [1.165, 1.54) is 0 Å². The number of hydrogen-bond acceptors (Lipinski definition) is 4. The minimum absolute atomic E-state index is 0.490. The molecule has 3 aromatic rings. The predicted molar refractivity (Wildman–Crippen MR) is 67.2 cm³/mol. The molecular formula is C13H10N4. The van der Waals surface area contributed by atoms with E-state index in [4.69, 9.17) is 5.73 Å². The van der Waals surface area contributed by atoms with Gasteiger partial charge in [0, 0.05) is 17.8 Å². The maximum absolute atomic E-state index is 5.80. The van der Waals surface area contributed by atoms with Crippen molar-refractivity contribution in [2.24, 2.45) is 0 Å². The van der Waals surface area contributed by atoms with Crippen molar-refractivity contribution in [3.05, 3.63) is 48.9 Å². The number of nitrogen functional groups attached to an aromatic ring is 1. The van der Waals surface area contributed by atoms with Gasteiger partial charge in [-0.15, -0.1) is 0 Å². The molecule has 0 radical (unpaired) electrons. The number of fused-ring (bicyclic) bond motifs is 1. The van der Waals surface area contributed by atoms with Gasteiger partial charge in [-0.3, -0.25) is 9.97 Å². The lowest BCUT2D eigenvalue weighted by molar-refractivity contribution is 1.19. The van der Waals surface area contributed by atoms with E-state index in [-0.39, 0.29) is 0 Å². The fourth-order valence-corrected chi connectivity index (χ4v) is 1.84. The average Bonchev–Trinajstić information content (AvgIpc) is 2.39. The Balaban J connectivity index is 2.36. The van der Waals surface area contributed by atoms with Crippen molar-refractivity contribution in [2.75, 3.05) is 5.73 Å². The number of anilines is 1. The zero-order chi connectivity index (χ0) is 11.7. The van der Waals surface area contributed by atoms with Crippen molar-refractivity contribution in [2.45, 2.75) is 0 Å². The number of aromatic nitrogens is 3. The van der Waals surface area contributed by atoms with Crippen molar-refractivity contribution in [3.8, 4) is 11.4 Å². The van der Waals surface area contributed by atoms with Crippen LogP contribution in [0.1, 0.15) is 0 Å². The van der Waals surface area contributed by atoms with Crippen molar-refractivity contribution >= 4 is 16.6 Å². The Morgan fingerprint density at radius 2 is 1.94 bits per heavy atom. The summed E-state index contributed by atoms with van der Waals surface area (Å²) in [6.07, 6.45) is 4.97. The maximum Gasteiger partial charge on any atom is 0.124 e. The molecule has 0 saturated heterocycles. The molecule has 0 bridgehead atoms. The molecular weight excluding hydrogens is 212 g/mol. The number of rotatable bonds is 1. The van der Waals surface area contributed by atoms with Crippen molar-refractivity contribution in [3.63, 3.8) is 0 Å². The van der Waals surface area contributed by atoms with Gasteiger partial charge in [0.15, 0.2) is 0 Å². The molecule has 0 amide bonds. The smallest absolute Gasteiger partial charge is 0.124 e. The Labute approximate surface area is 98.2 Å². The van der Waals surface area contributed by atoms with Crippen LogP contribution in [0.5, 0.6) is 0 Å². The van der Waals surface area contributed by atoms with Gasteiger partial charge >= 0.3 is 0 Å².